The number of carbonyl (C=O) groups excluding carboxylic acids is 1. The summed E-state index contributed by atoms with van der Waals surface area (Å²) in [6.07, 6.45) is 3.88. The molecule has 15 heavy (non-hydrogen) atoms. The third-order valence-electron chi connectivity index (χ3n) is 3.17. The Hall–Kier alpha value is -0.610. The first-order valence-electron chi connectivity index (χ1n) is 5.47. The molecule has 1 unspecified atom stereocenters. The first-order chi connectivity index (χ1) is 7.12. The molecule has 1 atom stereocenters. The lowest BCUT2D eigenvalue weighted by molar-refractivity contribution is -0.141. The van der Waals surface area contributed by atoms with Crippen molar-refractivity contribution in [3.8, 4) is 0 Å². The minimum atomic E-state index is -0.171. The number of nitrogens with one attached hydrogen (secondary N) is 1. The Morgan fingerprint density at radius 1 is 1.47 bits per heavy atom. The maximum Gasteiger partial charge on any atom is 0.307 e. The maximum absolute atomic E-state index is 11.0. The SMILES string of the molecule is COC(=O)CC(C)NCC1(OC)CCC1. The van der Waals surface area contributed by atoms with Gasteiger partial charge in [-0.25, -0.2) is 0 Å². The Morgan fingerprint density at radius 2 is 2.13 bits per heavy atom. The van der Waals surface area contributed by atoms with Crippen LogP contribution in [0.2, 0.25) is 0 Å². The molecule has 1 rings (SSSR count). The third-order valence-corrected chi connectivity index (χ3v) is 3.17. The second-order valence-corrected chi connectivity index (χ2v) is 4.30. The molecular weight excluding hydrogens is 194 g/mol. The number of hydrogen-bond donors (Lipinski definition) is 1. The van der Waals surface area contributed by atoms with Gasteiger partial charge < -0.3 is 14.8 Å². The predicted molar refractivity (Wildman–Crippen MR) is 57.7 cm³/mol. The normalized spacial score (nSPS) is 20.5. The van der Waals surface area contributed by atoms with Gasteiger partial charge in [0.1, 0.15) is 0 Å². The minimum absolute atomic E-state index is 0.0182. The van der Waals surface area contributed by atoms with Crippen molar-refractivity contribution in [3.05, 3.63) is 0 Å². The monoisotopic (exact) mass is 215 g/mol. The van der Waals surface area contributed by atoms with Gasteiger partial charge >= 0.3 is 5.97 Å². The van der Waals surface area contributed by atoms with E-state index >= 15 is 0 Å². The van der Waals surface area contributed by atoms with Crippen LogP contribution in [-0.4, -0.2) is 38.4 Å². The zero-order chi connectivity index (χ0) is 11.3. The topological polar surface area (TPSA) is 47.6 Å². The third kappa shape index (κ3) is 3.47. The van der Waals surface area contributed by atoms with Crippen LogP contribution in [0.25, 0.3) is 0 Å². The van der Waals surface area contributed by atoms with Gasteiger partial charge in [0.15, 0.2) is 0 Å². The zero-order valence-electron chi connectivity index (χ0n) is 9.84. The summed E-state index contributed by atoms with van der Waals surface area (Å²) < 4.78 is 10.1. The summed E-state index contributed by atoms with van der Waals surface area (Å²) in [6, 6.07) is 0.144. The number of carbonyl (C=O) groups is 1. The highest BCUT2D eigenvalue weighted by Crippen LogP contribution is 2.34. The lowest BCUT2D eigenvalue weighted by atomic mass is 9.80. The smallest absolute Gasteiger partial charge is 0.307 e. The Bertz CT molecular complexity index is 208. The number of hydrogen-bond acceptors (Lipinski definition) is 4. The van der Waals surface area contributed by atoms with Gasteiger partial charge in [0.25, 0.3) is 0 Å². The average molecular weight is 215 g/mol. The van der Waals surface area contributed by atoms with Gasteiger partial charge in [-0.1, -0.05) is 0 Å². The van der Waals surface area contributed by atoms with Crippen molar-refractivity contribution in [1.29, 1.82) is 0 Å². The standard InChI is InChI=1S/C11H21NO3/c1-9(7-10(13)14-2)12-8-11(15-3)5-4-6-11/h9,12H,4-8H2,1-3H3. The molecule has 1 saturated carbocycles. The molecule has 1 aliphatic rings. The Morgan fingerprint density at radius 3 is 2.53 bits per heavy atom. The highest BCUT2D eigenvalue weighted by Gasteiger charge is 2.36. The number of ether oxygens (including phenoxy) is 2. The van der Waals surface area contributed by atoms with Gasteiger partial charge in [-0.2, -0.15) is 0 Å². The second kappa shape index (κ2) is 5.47. The van der Waals surface area contributed by atoms with E-state index in [1.807, 2.05) is 6.92 Å². The summed E-state index contributed by atoms with van der Waals surface area (Å²) in [5.74, 6) is -0.171. The fourth-order valence-corrected chi connectivity index (χ4v) is 1.79. The largest absolute Gasteiger partial charge is 0.469 e. The summed E-state index contributed by atoms with van der Waals surface area (Å²) >= 11 is 0. The molecule has 0 aromatic rings. The van der Waals surface area contributed by atoms with Crippen LogP contribution in [0.4, 0.5) is 0 Å². The van der Waals surface area contributed by atoms with Crippen molar-refractivity contribution < 1.29 is 14.3 Å². The van der Waals surface area contributed by atoms with Crippen molar-refractivity contribution in [2.45, 2.75) is 44.2 Å². The molecule has 0 bridgehead atoms. The average Bonchev–Trinajstić information content (AvgIpc) is 2.16. The summed E-state index contributed by atoms with van der Waals surface area (Å²) in [7, 11) is 3.17. The van der Waals surface area contributed by atoms with Crippen LogP contribution in [0.15, 0.2) is 0 Å². The van der Waals surface area contributed by atoms with Gasteiger partial charge in [-0.15, -0.1) is 0 Å². The number of methoxy groups -OCH3 is 2. The van der Waals surface area contributed by atoms with Crippen LogP contribution in [0.5, 0.6) is 0 Å². The van der Waals surface area contributed by atoms with Crippen molar-refractivity contribution in [2.75, 3.05) is 20.8 Å². The lowest BCUT2D eigenvalue weighted by Crippen LogP contribution is -2.50. The van der Waals surface area contributed by atoms with Crippen LogP contribution >= 0.6 is 0 Å². The predicted octanol–water partition coefficient (Wildman–Crippen LogP) is 1.10. The van der Waals surface area contributed by atoms with Crippen LogP contribution in [0.3, 0.4) is 0 Å². The van der Waals surface area contributed by atoms with Gasteiger partial charge in [0, 0.05) is 19.7 Å². The molecule has 1 fully saturated rings. The Kier molecular flexibility index (Phi) is 4.54. The highest BCUT2D eigenvalue weighted by atomic mass is 16.5. The van der Waals surface area contributed by atoms with Crippen LogP contribution in [0, 0.1) is 0 Å². The number of esters is 1. The van der Waals surface area contributed by atoms with E-state index in [0.29, 0.717) is 6.42 Å². The van der Waals surface area contributed by atoms with Crippen LogP contribution in [0.1, 0.15) is 32.6 Å². The maximum atomic E-state index is 11.0. The highest BCUT2D eigenvalue weighted by molar-refractivity contribution is 5.69. The van der Waals surface area contributed by atoms with Gasteiger partial charge in [-0.3, -0.25) is 4.79 Å². The van der Waals surface area contributed by atoms with E-state index in [1.54, 1.807) is 7.11 Å². The van der Waals surface area contributed by atoms with Crippen molar-refractivity contribution in [3.63, 3.8) is 0 Å². The first kappa shape index (κ1) is 12.5. The molecule has 0 amide bonds. The number of rotatable bonds is 6. The fourth-order valence-electron chi connectivity index (χ4n) is 1.79. The zero-order valence-corrected chi connectivity index (χ0v) is 9.84. The van der Waals surface area contributed by atoms with E-state index in [1.165, 1.54) is 13.5 Å². The van der Waals surface area contributed by atoms with Crippen molar-refractivity contribution >= 4 is 5.97 Å². The Labute approximate surface area is 91.3 Å². The minimum Gasteiger partial charge on any atom is -0.469 e. The molecule has 0 saturated heterocycles. The summed E-state index contributed by atoms with van der Waals surface area (Å²) in [6.45, 7) is 2.81. The van der Waals surface area contributed by atoms with E-state index in [9.17, 15) is 4.79 Å². The van der Waals surface area contributed by atoms with Gasteiger partial charge in [0.05, 0.1) is 19.1 Å². The summed E-state index contributed by atoms with van der Waals surface area (Å²) in [5.41, 5.74) is 0.0182. The van der Waals surface area contributed by atoms with E-state index < -0.39 is 0 Å². The molecule has 0 radical (unpaired) electrons. The van der Waals surface area contributed by atoms with Gasteiger partial charge in [-0.05, 0) is 26.2 Å². The van der Waals surface area contributed by atoms with E-state index in [4.69, 9.17) is 4.74 Å². The molecule has 1 N–H and O–H groups in total. The second-order valence-electron chi connectivity index (χ2n) is 4.30. The van der Waals surface area contributed by atoms with E-state index in [-0.39, 0.29) is 17.6 Å². The lowest BCUT2D eigenvalue weighted by Gasteiger charge is -2.41. The molecule has 0 aromatic carbocycles. The molecular formula is C11H21NO3. The van der Waals surface area contributed by atoms with Crippen LogP contribution < -0.4 is 5.32 Å². The molecule has 4 nitrogen and oxygen atoms in total. The van der Waals surface area contributed by atoms with Crippen molar-refractivity contribution in [2.24, 2.45) is 0 Å². The molecule has 0 heterocycles. The quantitative estimate of drug-likeness (QED) is 0.674. The fraction of sp³-hybridized carbons (Fsp3) is 0.909. The molecule has 0 aromatic heterocycles. The molecule has 0 aliphatic heterocycles. The first-order valence-corrected chi connectivity index (χ1v) is 5.47. The van der Waals surface area contributed by atoms with E-state index in [2.05, 4.69) is 10.1 Å². The molecule has 0 spiro atoms. The Balaban J connectivity index is 2.21. The van der Waals surface area contributed by atoms with E-state index in [0.717, 1.165) is 19.4 Å². The summed E-state index contributed by atoms with van der Waals surface area (Å²) in [5, 5.41) is 3.32. The van der Waals surface area contributed by atoms with Crippen molar-refractivity contribution in [1.82, 2.24) is 5.32 Å². The molecule has 4 heteroatoms. The summed E-state index contributed by atoms with van der Waals surface area (Å²) in [4.78, 5) is 11.0. The molecule has 1 aliphatic carbocycles. The molecule has 88 valence electrons. The van der Waals surface area contributed by atoms with Crippen LogP contribution in [-0.2, 0) is 14.3 Å². The van der Waals surface area contributed by atoms with Gasteiger partial charge in [0.2, 0.25) is 0 Å².